The van der Waals surface area contributed by atoms with E-state index in [1.54, 1.807) is 14.2 Å². The predicted octanol–water partition coefficient (Wildman–Crippen LogP) is 4.00. The average Bonchev–Trinajstić information content (AvgIpc) is 3.25. The molecule has 0 amide bonds. The molecule has 1 aliphatic rings. The second-order valence-electron chi connectivity index (χ2n) is 8.25. The first kappa shape index (κ1) is 25.5. The van der Waals surface area contributed by atoms with Crippen LogP contribution in [0.1, 0.15) is 49.6 Å². The highest BCUT2D eigenvalue weighted by molar-refractivity contribution is 14.0. The van der Waals surface area contributed by atoms with E-state index in [1.807, 2.05) is 18.2 Å². The number of halogens is 1. The van der Waals surface area contributed by atoms with Gasteiger partial charge >= 0.3 is 0 Å². The first-order valence-electron chi connectivity index (χ1n) is 10.8. The summed E-state index contributed by atoms with van der Waals surface area (Å²) in [5, 5.41) is 10.9. The largest absolute Gasteiger partial charge is 0.497 e. The number of nitrogens with one attached hydrogen (secondary N) is 2. The van der Waals surface area contributed by atoms with Crippen molar-refractivity contribution in [3.05, 3.63) is 47.3 Å². The van der Waals surface area contributed by atoms with Gasteiger partial charge in [-0.15, -0.1) is 24.0 Å². The fourth-order valence-corrected chi connectivity index (χ4v) is 3.65. The van der Waals surface area contributed by atoms with E-state index in [1.165, 1.54) is 18.4 Å². The third-order valence-electron chi connectivity index (χ3n) is 5.65. The Bertz CT molecular complexity index is 799. The van der Waals surface area contributed by atoms with Crippen molar-refractivity contribution in [1.29, 1.82) is 0 Å². The Morgan fingerprint density at radius 2 is 1.94 bits per heavy atom. The highest BCUT2D eigenvalue weighted by atomic mass is 127. The number of hydrogen-bond donors (Lipinski definition) is 2. The fraction of sp³-hybridized carbons (Fsp3) is 0.565. The molecule has 2 N–H and O–H groups in total. The van der Waals surface area contributed by atoms with Gasteiger partial charge in [-0.3, -0.25) is 9.89 Å². The van der Waals surface area contributed by atoms with Gasteiger partial charge in [-0.25, -0.2) is 0 Å². The molecule has 1 aliphatic heterocycles. The van der Waals surface area contributed by atoms with Gasteiger partial charge in [-0.2, -0.15) is 0 Å². The molecule has 3 rings (SSSR count). The molecule has 2 heterocycles. The van der Waals surface area contributed by atoms with Gasteiger partial charge in [0.25, 0.3) is 0 Å². The van der Waals surface area contributed by atoms with Crippen LogP contribution in [0.5, 0.6) is 5.75 Å². The molecule has 1 aromatic heterocycles. The summed E-state index contributed by atoms with van der Waals surface area (Å²) >= 11 is 0. The number of aliphatic imine (C=N–C) groups is 1. The molecule has 8 heteroatoms. The molecule has 2 aromatic rings. The smallest absolute Gasteiger partial charge is 0.191 e. The monoisotopic (exact) mass is 541 g/mol. The van der Waals surface area contributed by atoms with Crippen molar-refractivity contribution in [3.8, 4) is 5.75 Å². The quantitative estimate of drug-likeness (QED) is 0.299. The van der Waals surface area contributed by atoms with Crippen molar-refractivity contribution in [2.24, 2.45) is 10.9 Å². The number of nitrogens with zero attached hydrogens (tertiary/aromatic N) is 3. The van der Waals surface area contributed by atoms with Crippen LogP contribution in [0.4, 0.5) is 0 Å². The zero-order chi connectivity index (χ0) is 21.3. The summed E-state index contributed by atoms with van der Waals surface area (Å²) in [6.07, 6.45) is 2.39. The van der Waals surface area contributed by atoms with Crippen LogP contribution in [-0.4, -0.2) is 49.8 Å². The number of rotatable bonds is 8. The molecular formula is C23H36IN5O2. The van der Waals surface area contributed by atoms with Gasteiger partial charge < -0.3 is 19.9 Å². The maximum absolute atomic E-state index is 5.38. The van der Waals surface area contributed by atoms with E-state index >= 15 is 0 Å². The van der Waals surface area contributed by atoms with Crippen molar-refractivity contribution < 1.29 is 9.26 Å². The van der Waals surface area contributed by atoms with E-state index < -0.39 is 0 Å². The Hall–Kier alpha value is -1.81. The summed E-state index contributed by atoms with van der Waals surface area (Å²) in [7, 11) is 3.50. The van der Waals surface area contributed by atoms with Crippen LogP contribution in [0.3, 0.4) is 0 Å². The number of methoxy groups -OCH3 is 1. The van der Waals surface area contributed by atoms with Gasteiger partial charge in [-0.05, 0) is 55.5 Å². The SMILES string of the molecule is CN=C(NCc1cc(C(C)C)no1)NCC1CCN(Cc2ccc(OC)cc2)CC1.I. The van der Waals surface area contributed by atoms with E-state index in [-0.39, 0.29) is 24.0 Å². The lowest BCUT2D eigenvalue weighted by Gasteiger charge is -2.32. The zero-order valence-electron chi connectivity index (χ0n) is 19.1. The molecule has 1 aromatic carbocycles. The van der Waals surface area contributed by atoms with Crippen molar-refractivity contribution in [2.75, 3.05) is 33.8 Å². The average molecular weight is 541 g/mol. The number of ether oxygens (including phenoxy) is 1. The van der Waals surface area contributed by atoms with Gasteiger partial charge in [-0.1, -0.05) is 31.1 Å². The van der Waals surface area contributed by atoms with Crippen molar-refractivity contribution in [2.45, 2.75) is 45.7 Å². The lowest BCUT2D eigenvalue weighted by Crippen LogP contribution is -2.42. The lowest BCUT2D eigenvalue weighted by atomic mass is 9.96. The van der Waals surface area contributed by atoms with Gasteiger partial charge in [0, 0.05) is 26.2 Å². The Morgan fingerprint density at radius 1 is 1.23 bits per heavy atom. The number of benzene rings is 1. The minimum Gasteiger partial charge on any atom is -0.497 e. The van der Waals surface area contributed by atoms with Crippen LogP contribution < -0.4 is 15.4 Å². The van der Waals surface area contributed by atoms with Crippen LogP contribution in [0.2, 0.25) is 0 Å². The lowest BCUT2D eigenvalue weighted by molar-refractivity contribution is 0.178. The summed E-state index contributed by atoms with van der Waals surface area (Å²) in [6, 6.07) is 10.4. The topological polar surface area (TPSA) is 74.9 Å². The zero-order valence-corrected chi connectivity index (χ0v) is 21.4. The van der Waals surface area contributed by atoms with Crippen LogP contribution in [0.25, 0.3) is 0 Å². The van der Waals surface area contributed by atoms with Crippen molar-refractivity contribution in [3.63, 3.8) is 0 Å². The number of hydrogen-bond acceptors (Lipinski definition) is 5. The van der Waals surface area contributed by atoms with Crippen LogP contribution >= 0.6 is 24.0 Å². The number of likely N-dealkylation sites (tertiary alicyclic amines) is 1. The van der Waals surface area contributed by atoms with Crippen molar-refractivity contribution in [1.82, 2.24) is 20.7 Å². The van der Waals surface area contributed by atoms with E-state index in [0.717, 1.165) is 49.3 Å². The third kappa shape index (κ3) is 7.99. The first-order valence-corrected chi connectivity index (χ1v) is 10.8. The normalized spacial score (nSPS) is 15.6. The first-order chi connectivity index (χ1) is 14.6. The number of guanidine groups is 1. The molecule has 0 bridgehead atoms. The molecule has 0 spiro atoms. The maximum atomic E-state index is 5.38. The second-order valence-corrected chi connectivity index (χ2v) is 8.25. The highest BCUT2D eigenvalue weighted by Crippen LogP contribution is 2.20. The van der Waals surface area contributed by atoms with Crippen LogP contribution in [-0.2, 0) is 13.1 Å². The molecule has 0 unspecified atom stereocenters. The van der Waals surface area contributed by atoms with E-state index in [4.69, 9.17) is 9.26 Å². The van der Waals surface area contributed by atoms with Gasteiger partial charge in [0.1, 0.15) is 5.75 Å². The fourth-order valence-electron chi connectivity index (χ4n) is 3.65. The summed E-state index contributed by atoms with van der Waals surface area (Å²) in [4.78, 5) is 6.86. The minimum atomic E-state index is 0. The molecule has 0 atom stereocenters. The summed E-state index contributed by atoms with van der Waals surface area (Å²) in [5.41, 5.74) is 2.32. The van der Waals surface area contributed by atoms with Crippen molar-refractivity contribution >= 4 is 29.9 Å². The molecule has 31 heavy (non-hydrogen) atoms. The van der Waals surface area contributed by atoms with Gasteiger partial charge in [0.2, 0.25) is 0 Å². The summed E-state index contributed by atoms with van der Waals surface area (Å²) in [5.74, 6) is 3.57. The Morgan fingerprint density at radius 3 is 2.52 bits per heavy atom. The highest BCUT2D eigenvalue weighted by Gasteiger charge is 2.19. The Balaban J connectivity index is 0.00000341. The third-order valence-corrected chi connectivity index (χ3v) is 5.65. The standard InChI is InChI=1S/C23H35N5O2.HI/c1-17(2)22-13-21(30-27-22)15-26-23(24-3)25-14-18-9-11-28(12-10-18)16-19-5-7-20(29-4)8-6-19;/h5-8,13,17-18H,9-12,14-16H2,1-4H3,(H2,24,25,26);1H. The molecular weight excluding hydrogens is 505 g/mol. The molecule has 0 saturated carbocycles. The predicted molar refractivity (Wildman–Crippen MR) is 135 cm³/mol. The molecule has 1 saturated heterocycles. The molecule has 0 aliphatic carbocycles. The Kier molecular flexibility index (Phi) is 10.6. The summed E-state index contributed by atoms with van der Waals surface area (Å²) in [6.45, 7) is 8.99. The van der Waals surface area contributed by atoms with E-state index in [9.17, 15) is 0 Å². The van der Waals surface area contributed by atoms with Crippen LogP contribution in [0, 0.1) is 5.92 Å². The summed E-state index contributed by atoms with van der Waals surface area (Å²) < 4.78 is 10.6. The van der Waals surface area contributed by atoms with E-state index in [2.05, 4.69) is 51.7 Å². The van der Waals surface area contributed by atoms with Gasteiger partial charge in [0.15, 0.2) is 11.7 Å². The number of piperidine rings is 1. The van der Waals surface area contributed by atoms with Gasteiger partial charge in [0.05, 0.1) is 19.3 Å². The molecule has 0 radical (unpaired) electrons. The maximum Gasteiger partial charge on any atom is 0.191 e. The second kappa shape index (κ2) is 12.9. The molecule has 172 valence electrons. The van der Waals surface area contributed by atoms with Crippen LogP contribution in [0.15, 0.2) is 39.8 Å². The molecule has 1 fully saturated rings. The number of aromatic nitrogens is 1. The Labute approximate surface area is 203 Å². The van der Waals surface area contributed by atoms with E-state index in [0.29, 0.717) is 18.4 Å². The minimum absolute atomic E-state index is 0. The molecule has 7 nitrogen and oxygen atoms in total.